The van der Waals surface area contributed by atoms with Crippen LogP contribution in [0.3, 0.4) is 0 Å². The molecule has 3 heteroatoms. The van der Waals surface area contributed by atoms with Crippen molar-refractivity contribution >= 4 is 0 Å². The molecular weight excluding hydrogens is 226 g/mol. The van der Waals surface area contributed by atoms with E-state index in [1.807, 2.05) is 0 Å². The Bertz CT molecular complexity index is 209. The summed E-state index contributed by atoms with van der Waals surface area (Å²) in [5.74, 6) is 1.74. The summed E-state index contributed by atoms with van der Waals surface area (Å²) in [5, 5.41) is 3.66. The van der Waals surface area contributed by atoms with Crippen molar-refractivity contribution in [3.8, 4) is 0 Å². The highest BCUT2D eigenvalue weighted by Crippen LogP contribution is 2.29. The number of rotatable bonds is 8. The van der Waals surface area contributed by atoms with Gasteiger partial charge in [-0.25, -0.2) is 0 Å². The van der Waals surface area contributed by atoms with E-state index in [0.29, 0.717) is 12.6 Å². The highest BCUT2D eigenvalue weighted by atomic mass is 16.5. The van der Waals surface area contributed by atoms with Crippen LogP contribution in [0, 0.1) is 11.8 Å². The first-order valence-electron chi connectivity index (χ1n) is 7.40. The van der Waals surface area contributed by atoms with Crippen molar-refractivity contribution in [1.82, 2.24) is 5.32 Å². The first-order valence-corrected chi connectivity index (χ1v) is 7.40. The zero-order chi connectivity index (χ0) is 13.4. The van der Waals surface area contributed by atoms with E-state index < -0.39 is 0 Å². The standard InChI is InChI=1S/C15H31NO2/c1-12(2)8-13-6-5-7-14(9-13)16-10-15(18-4)11-17-3/h12-16H,5-11H2,1-4H3. The fourth-order valence-corrected chi connectivity index (χ4v) is 3.05. The summed E-state index contributed by atoms with van der Waals surface area (Å²) >= 11 is 0. The highest BCUT2D eigenvalue weighted by Gasteiger charge is 2.22. The van der Waals surface area contributed by atoms with Crippen LogP contribution < -0.4 is 5.32 Å². The molecule has 0 radical (unpaired) electrons. The molecule has 0 heterocycles. The highest BCUT2D eigenvalue weighted by molar-refractivity contribution is 4.79. The molecule has 0 saturated heterocycles. The molecule has 0 aromatic heterocycles. The molecule has 0 spiro atoms. The van der Waals surface area contributed by atoms with Crippen LogP contribution in [-0.4, -0.2) is 39.5 Å². The van der Waals surface area contributed by atoms with Gasteiger partial charge in [-0.3, -0.25) is 0 Å². The van der Waals surface area contributed by atoms with Gasteiger partial charge in [0.05, 0.1) is 12.7 Å². The molecule has 3 unspecified atom stereocenters. The van der Waals surface area contributed by atoms with E-state index in [0.717, 1.165) is 18.4 Å². The molecule has 18 heavy (non-hydrogen) atoms. The van der Waals surface area contributed by atoms with E-state index in [-0.39, 0.29) is 6.10 Å². The fourth-order valence-electron chi connectivity index (χ4n) is 3.05. The molecule has 1 saturated carbocycles. The van der Waals surface area contributed by atoms with Crippen LogP contribution in [0.4, 0.5) is 0 Å². The summed E-state index contributed by atoms with van der Waals surface area (Å²) in [5.41, 5.74) is 0. The van der Waals surface area contributed by atoms with Crippen LogP contribution in [-0.2, 0) is 9.47 Å². The Balaban J connectivity index is 2.24. The second-order valence-corrected chi connectivity index (χ2v) is 6.08. The molecule has 1 N–H and O–H groups in total. The fraction of sp³-hybridized carbons (Fsp3) is 1.00. The van der Waals surface area contributed by atoms with Gasteiger partial charge in [-0.05, 0) is 31.1 Å². The summed E-state index contributed by atoms with van der Waals surface area (Å²) in [6.07, 6.45) is 7.00. The third kappa shape index (κ3) is 6.17. The van der Waals surface area contributed by atoms with E-state index in [4.69, 9.17) is 9.47 Å². The minimum absolute atomic E-state index is 0.181. The Morgan fingerprint density at radius 1 is 1.22 bits per heavy atom. The lowest BCUT2D eigenvalue weighted by molar-refractivity contribution is 0.0259. The molecule has 0 bridgehead atoms. The van der Waals surface area contributed by atoms with Crippen molar-refractivity contribution < 1.29 is 9.47 Å². The number of nitrogens with one attached hydrogen (secondary N) is 1. The second-order valence-electron chi connectivity index (χ2n) is 6.08. The molecule has 3 nitrogen and oxygen atoms in total. The number of hydrogen-bond acceptors (Lipinski definition) is 3. The van der Waals surface area contributed by atoms with Gasteiger partial charge in [0.2, 0.25) is 0 Å². The van der Waals surface area contributed by atoms with Crippen LogP contribution in [0.25, 0.3) is 0 Å². The van der Waals surface area contributed by atoms with Gasteiger partial charge in [0, 0.05) is 26.8 Å². The molecule has 1 fully saturated rings. The maximum atomic E-state index is 5.39. The molecule has 1 rings (SSSR count). The quantitative estimate of drug-likeness (QED) is 0.725. The van der Waals surface area contributed by atoms with Gasteiger partial charge in [0.15, 0.2) is 0 Å². The van der Waals surface area contributed by atoms with E-state index in [1.54, 1.807) is 14.2 Å². The Hall–Kier alpha value is -0.120. The molecule has 1 aliphatic carbocycles. The molecule has 3 atom stereocenters. The molecular formula is C15H31NO2. The van der Waals surface area contributed by atoms with Gasteiger partial charge in [-0.1, -0.05) is 26.7 Å². The molecule has 0 amide bonds. The van der Waals surface area contributed by atoms with Crippen molar-refractivity contribution in [3.63, 3.8) is 0 Å². The molecule has 0 aromatic carbocycles. The summed E-state index contributed by atoms with van der Waals surface area (Å²) in [6, 6.07) is 0.678. The molecule has 0 aromatic rings. The summed E-state index contributed by atoms with van der Waals surface area (Å²) in [6.45, 7) is 6.24. The first-order chi connectivity index (χ1) is 8.65. The van der Waals surface area contributed by atoms with E-state index in [2.05, 4.69) is 19.2 Å². The van der Waals surface area contributed by atoms with Crippen molar-refractivity contribution in [1.29, 1.82) is 0 Å². The smallest absolute Gasteiger partial charge is 0.0928 e. The lowest BCUT2D eigenvalue weighted by Gasteiger charge is -2.31. The number of ether oxygens (including phenoxy) is 2. The summed E-state index contributed by atoms with van der Waals surface area (Å²) in [4.78, 5) is 0. The van der Waals surface area contributed by atoms with Crippen molar-refractivity contribution in [3.05, 3.63) is 0 Å². The Morgan fingerprint density at radius 3 is 2.61 bits per heavy atom. The monoisotopic (exact) mass is 257 g/mol. The van der Waals surface area contributed by atoms with Crippen LogP contribution in [0.15, 0.2) is 0 Å². The van der Waals surface area contributed by atoms with Gasteiger partial charge in [0.25, 0.3) is 0 Å². The van der Waals surface area contributed by atoms with Gasteiger partial charge in [-0.2, -0.15) is 0 Å². The van der Waals surface area contributed by atoms with Crippen LogP contribution in [0.1, 0.15) is 46.0 Å². The lowest BCUT2D eigenvalue weighted by atomic mass is 9.81. The lowest BCUT2D eigenvalue weighted by Crippen LogP contribution is -2.40. The van der Waals surface area contributed by atoms with E-state index in [1.165, 1.54) is 32.1 Å². The van der Waals surface area contributed by atoms with E-state index in [9.17, 15) is 0 Å². The predicted octanol–water partition coefficient (Wildman–Crippen LogP) is 2.84. The van der Waals surface area contributed by atoms with E-state index >= 15 is 0 Å². The van der Waals surface area contributed by atoms with Crippen LogP contribution in [0.2, 0.25) is 0 Å². The zero-order valence-electron chi connectivity index (χ0n) is 12.6. The van der Waals surface area contributed by atoms with Crippen molar-refractivity contribution in [2.75, 3.05) is 27.4 Å². The normalized spacial score (nSPS) is 26.5. The topological polar surface area (TPSA) is 30.5 Å². The van der Waals surface area contributed by atoms with Gasteiger partial charge in [-0.15, -0.1) is 0 Å². The van der Waals surface area contributed by atoms with Gasteiger partial charge >= 0.3 is 0 Å². The maximum absolute atomic E-state index is 5.39. The van der Waals surface area contributed by atoms with Crippen molar-refractivity contribution in [2.24, 2.45) is 11.8 Å². The summed E-state index contributed by atoms with van der Waals surface area (Å²) < 4.78 is 10.5. The first kappa shape index (κ1) is 15.9. The molecule has 1 aliphatic rings. The number of hydrogen-bond donors (Lipinski definition) is 1. The van der Waals surface area contributed by atoms with Gasteiger partial charge < -0.3 is 14.8 Å². The largest absolute Gasteiger partial charge is 0.382 e. The third-order valence-electron chi connectivity index (χ3n) is 3.91. The predicted molar refractivity (Wildman–Crippen MR) is 75.9 cm³/mol. The summed E-state index contributed by atoms with van der Waals surface area (Å²) in [7, 11) is 3.49. The number of methoxy groups -OCH3 is 2. The van der Waals surface area contributed by atoms with Gasteiger partial charge in [0.1, 0.15) is 0 Å². The Morgan fingerprint density at radius 2 is 2.00 bits per heavy atom. The maximum Gasteiger partial charge on any atom is 0.0928 e. The average Bonchev–Trinajstić information content (AvgIpc) is 2.34. The average molecular weight is 257 g/mol. The Kier molecular flexibility index (Phi) is 7.87. The minimum Gasteiger partial charge on any atom is -0.382 e. The SMILES string of the molecule is COCC(CNC1CCCC(CC(C)C)C1)OC. The van der Waals surface area contributed by atoms with Crippen LogP contribution in [0.5, 0.6) is 0 Å². The Labute approximate surface area is 113 Å². The molecule has 108 valence electrons. The zero-order valence-corrected chi connectivity index (χ0v) is 12.6. The minimum atomic E-state index is 0.181. The van der Waals surface area contributed by atoms with Crippen molar-refractivity contribution in [2.45, 2.75) is 58.1 Å². The second kappa shape index (κ2) is 8.89. The molecule has 0 aliphatic heterocycles. The van der Waals surface area contributed by atoms with Crippen LogP contribution >= 0.6 is 0 Å². The third-order valence-corrected chi connectivity index (χ3v) is 3.91.